The van der Waals surface area contributed by atoms with Gasteiger partial charge in [0.15, 0.2) is 11.5 Å². The van der Waals surface area contributed by atoms with Crippen LogP contribution in [-0.2, 0) is 6.42 Å². The molecule has 0 bridgehead atoms. The maximum Gasteiger partial charge on any atom is 0.257 e. The minimum atomic E-state index is -0.256. The third-order valence-electron chi connectivity index (χ3n) is 2.85. The molecule has 0 atom stereocenters. The van der Waals surface area contributed by atoms with E-state index in [2.05, 4.69) is 15.5 Å². The molecule has 1 aliphatic heterocycles. The molecular weight excluding hydrogens is 314 g/mol. The number of anilines is 1. The van der Waals surface area contributed by atoms with Gasteiger partial charge in [0.05, 0.1) is 0 Å². The van der Waals surface area contributed by atoms with E-state index in [1.165, 1.54) is 11.3 Å². The summed E-state index contributed by atoms with van der Waals surface area (Å²) in [6.45, 7) is 0.181. The third-order valence-corrected chi connectivity index (χ3v) is 4.01. The minimum absolute atomic E-state index is 0.181. The molecule has 110 valence electrons. The molecule has 21 heavy (non-hydrogen) atoms. The molecule has 1 amide bonds. The number of rotatable bonds is 5. The van der Waals surface area contributed by atoms with Crippen molar-refractivity contribution in [3.8, 4) is 11.5 Å². The molecule has 0 unspecified atom stereocenters. The summed E-state index contributed by atoms with van der Waals surface area (Å²) in [7, 11) is 0. The molecule has 1 N–H and O–H groups in total. The van der Waals surface area contributed by atoms with Gasteiger partial charge >= 0.3 is 0 Å². The van der Waals surface area contributed by atoms with E-state index >= 15 is 0 Å². The zero-order valence-corrected chi connectivity index (χ0v) is 12.5. The average Bonchev–Trinajstić information content (AvgIpc) is 3.12. The molecule has 1 aliphatic rings. The number of carbonyl (C=O) groups excluding carboxylic acids is 1. The van der Waals surface area contributed by atoms with Crippen LogP contribution in [0.4, 0.5) is 5.13 Å². The topological polar surface area (TPSA) is 73.3 Å². The molecular formula is C13H12ClN3O3S. The molecule has 6 nitrogen and oxygen atoms in total. The summed E-state index contributed by atoms with van der Waals surface area (Å²) < 4.78 is 10.5. The Morgan fingerprint density at radius 1 is 1.33 bits per heavy atom. The Labute approximate surface area is 130 Å². The van der Waals surface area contributed by atoms with Crippen LogP contribution in [0.2, 0.25) is 0 Å². The minimum Gasteiger partial charge on any atom is -0.454 e. The molecule has 0 saturated carbocycles. The van der Waals surface area contributed by atoms with Crippen molar-refractivity contribution in [1.82, 2.24) is 10.2 Å². The van der Waals surface area contributed by atoms with Gasteiger partial charge in [-0.3, -0.25) is 10.1 Å². The molecule has 0 aliphatic carbocycles. The summed E-state index contributed by atoms with van der Waals surface area (Å²) in [6, 6.07) is 5.04. The average molecular weight is 326 g/mol. The number of benzene rings is 1. The van der Waals surface area contributed by atoms with Crippen molar-refractivity contribution in [3.05, 3.63) is 28.8 Å². The number of ether oxygens (including phenoxy) is 2. The van der Waals surface area contributed by atoms with Crippen LogP contribution in [0.3, 0.4) is 0 Å². The van der Waals surface area contributed by atoms with E-state index in [1.54, 1.807) is 18.2 Å². The fraction of sp³-hybridized carbons (Fsp3) is 0.308. The van der Waals surface area contributed by atoms with Crippen LogP contribution in [0.25, 0.3) is 0 Å². The van der Waals surface area contributed by atoms with Crippen LogP contribution in [0.5, 0.6) is 11.5 Å². The van der Waals surface area contributed by atoms with E-state index < -0.39 is 0 Å². The van der Waals surface area contributed by atoms with Gasteiger partial charge in [-0.25, -0.2) is 0 Å². The summed E-state index contributed by atoms with van der Waals surface area (Å²) in [6.07, 6.45) is 1.60. The molecule has 1 aromatic heterocycles. The molecule has 0 spiro atoms. The lowest BCUT2D eigenvalue weighted by Gasteiger charge is -2.02. The first kappa shape index (κ1) is 14.1. The summed E-state index contributed by atoms with van der Waals surface area (Å²) in [5.41, 5.74) is 0.483. The lowest BCUT2D eigenvalue weighted by atomic mass is 10.2. The zero-order valence-electron chi connectivity index (χ0n) is 11.0. The first-order chi connectivity index (χ1) is 10.3. The highest BCUT2D eigenvalue weighted by molar-refractivity contribution is 7.15. The van der Waals surface area contributed by atoms with Crippen molar-refractivity contribution in [3.63, 3.8) is 0 Å². The number of fused-ring (bicyclic) bond motifs is 1. The molecule has 0 radical (unpaired) electrons. The predicted octanol–water partition coefficient (Wildman–Crippen LogP) is 2.69. The van der Waals surface area contributed by atoms with Crippen LogP contribution in [0.15, 0.2) is 18.2 Å². The molecule has 2 heterocycles. The maximum atomic E-state index is 12.1. The quantitative estimate of drug-likeness (QED) is 0.856. The third kappa shape index (κ3) is 3.25. The highest BCUT2D eigenvalue weighted by atomic mass is 35.5. The van der Waals surface area contributed by atoms with Gasteiger partial charge in [-0.1, -0.05) is 11.3 Å². The number of hydrogen-bond acceptors (Lipinski definition) is 6. The Kier molecular flexibility index (Phi) is 4.21. The Bertz CT molecular complexity index is 662. The maximum absolute atomic E-state index is 12.1. The zero-order chi connectivity index (χ0) is 14.7. The highest BCUT2D eigenvalue weighted by Crippen LogP contribution is 2.32. The van der Waals surface area contributed by atoms with Crippen molar-refractivity contribution in [2.75, 3.05) is 18.0 Å². The fourth-order valence-electron chi connectivity index (χ4n) is 1.83. The molecule has 8 heteroatoms. The Balaban J connectivity index is 1.67. The first-order valence-electron chi connectivity index (χ1n) is 6.35. The summed E-state index contributed by atoms with van der Waals surface area (Å²) in [4.78, 5) is 12.1. The van der Waals surface area contributed by atoms with Gasteiger partial charge < -0.3 is 9.47 Å². The molecule has 0 fully saturated rings. The van der Waals surface area contributed by atoms with Crippen LogP contribution in [0.1, 0.15) is 21.8 Å². The van der Waals surface area contributed by atoms with Crippen molar-refractivity contribution in [2.24, 2.45) is 0 Å². The van der Waals surface area contributed by atoms with E-state index in [-0.39, 0.29) is 12.7 Å². The van der Waals surface area contributed by atoms with Crippen LogP contribution >= 0.6 is 22.9 Å². The van der Waals surface area contributed by atoms with Gasteiger partial charge in [-0.15, -0.1) is 21.8 Å². The smallest absolute Gasteiger partial charge is 0.257 e. The van der Waals surface area contributed by atoms with Gasteiger partial charge in [0.25, 0.3) is 5.91 Å². The second-order valence-electron chi connectivity index (χ2n) is 4.32. The number of nitrogens with one attached hydrogen (secondary N) is 1. The number of amides is 1. The second-order valence-corrected chi connectivity index (χ2v) is 5.76. The van der Waals surface area contributed by atoms with E-state index in [0.29, 0.717) is 28.1 Å². The van der Waals surface area contributed by atoms with E-state index in [4.69, 9.17) is 21.1 Å². The van der Waals surface area contributed by atoms with Crippen LogP contribution < -0.4 is 14.8 Å². The normalized spacial score (nSPS) is 12.4. The Morgan fingerprint density at radius 2 is 2.19 bits per heavy atom. The van der Waals surface area contributed by atoms with Crippen molar-refractivity contribution < 1.29 is 14.3 Å². The van der Waals surface area contributed by atoms with Gasteiger partial charge in [0.1, 0.15) is 5.01 Å². The number of nitrogens with zero attached hydrogens (tertiary/aromatic N) is 2. The second kappa shape index (κ2) is 6.28. The lowest BCUT2D eigenvalue weighted by molar-refractivity contribution is 0.102. The number of halogens is 1. The van der Waals surface area contributed by atoms with Crippen LogP contribution in [-0.4, -0.2) is 28.8 Å². The van der Waals surface area contributed by atoms with E-state index in [0.717, 1.165) is 17.8 Å². The fourth-order valence-corrected chi connectivity index (χ4v) is 2.74. The first-order valence-corrected chi connectivity index (χ1v) is 7.71. The molecule has 2 aromatic rings. The number of carbonyl (C=O) groups is 1. The summed E-state index contributed by atoms with van der Waals surface area (Å²) in [5, 5.41) is 12.0. The Morgan fingerprint density at radius 3 is 3.05 bits per heavy atom. The largest absolute Gasteiger partial charge is 0.454 e. The van der Waals surface area contributed by atoms with Gasteiger partial charge in [-0.05, 0) is 24.6 Å². The highest BCUT2D eigenvalue weighted by Gasteiger charge is 2.17. The van der Waals surface area contributed by atoms with E-state index in [1.807, 2.05) is 0 Å². The lowest BCUT2D eigenvalue weighted by Crippen LogP contribution is -2.11. The molecule has 1 aromatic carbocycles. The monoisotopic (exact) mass is 325 g/mol. The number of hydrogen-bond donors (Lipinski definition) is 1. The summed E-state index contributed by atoms with van der Waals surface area (Å²) >= 11 is 6.99. The van der Waals surface area contributed by atoms with Gasteiger partial charge in [0, 0.05) is 17.9 Å². The number of aryl methyl sites for hydroxylation is 1. The Hall–Kier alpha value is -1.86. The van der Waals surface area contributed by atoms with E-state index in [9.17, 15) is 4.79 Å². The van der Waals surface area contributed by atoms with Crippen molar-refractivity contribution >= 4 is 34.0 Å². The van der Waals surface area contributed by atoms with Gasteiger partial charge in [0.2, 0.25) is 11.9 Å². The molecule has 0 saturated heterocycles. The number of alkyl halides is 1. The standard InChI is InChI=1S/C13H12ClN3O3S/c14-5-1-2-11-16-17-13(21-11)15-12(18)8-3-4-9-10(6-8)20-7-19-9/h3-4,6H,1-2,5,7H2,(H,15,17,18). The number of aromatic nitrogens is 2. The van der Waals surface area contributed by atoms with Crippen LogP contribution in [0, 0.1) is 0 Å². The van der Waals surface area contributed by atoms with Crippen molar-refractivity contribution in [2.45, 2.75) is 12.8 Å². The summed E-state index contributed by atoms with van der Waals surface area (Å²) in [5.74, 6) is 1.54. The predicted molar refractivity (Wildman–Crippen MR) is 79.5 cm³/mol. The molecule has 3 rings (SSSR count). The van der Waals surface area contributed by atoms with Crippen molar-refractivity contribution in [1.29, 1.82) is 0 Å². The van der Waals surface area contributed by atoms with Gasteiger partial charge in [-0.2, -0.15) is 0 Å². The SMILES string of the molecule is O=C(Nc1nnc(CCCCl)s1)c1ccc2c(c1)OCO2.